The molecule has 0 radical (unpaired) electrons. The fourth-order valence-corrected chi connectivity index (χ4v) is 0.639. The van der Waals surface area contributed by atoms with Crippen molar-refractivity contribution in [1.82, 2.24) is 0 Å². The lowest BCUT2D eigenvalue weighted by Crippen LogP contribution is -1.69. The van der Waals surface area contributed by atoms with E-state index < -0.39 is 0 Å². The topological polar surface area (TPSA) is 37.3 Å². The van der Waals surface area contributed by atoms with Gasteiger partial charge in [-0.05, 0) is 17.7 Å². The summed E-state index contributed by atoms with van der Waals surface area (Å²) in [7, 11) is 0. The molecule has 10 heavy (non-hydrogen) atoms. The molecule has 0 atom stereocenters. The van der Waals surface area contributed by atoms with E-state index in [9.17, 15) is 4.79 Å². The zero-order valence-electron chi connectivity index (χ0n) is 5.24. The quantitative estimate of drug-likeness (QED) is 0.586. The van der Waals surface area contributed by atoms with Crippen LogP contribution in [0.3, 0.4) is 0 Å². The smallest absolute Gasteiger partial charge is 0.125 e. The van der Waals surface area contributed by atoms with Gasteiger partial charge >= 0.3 is 0 Å². The zero-order chi connectivity index (χ0) is 7.40. The van der Waals surface area contributed by atoms with Crippen LogP contribution in [0, 0.1) is 0 Å². The molecule has 0 bridgehead atoms. The summed E-state index contributed by atoms with van der Waals surface area (Å²) in [6, 6.07) is 6.31. The van der Waals surface area contributed by atoms with Crippen LogP contribution in [0.15, 0.2) is 24.3 Å². The molecule has 0 saturated carbocycles. The highest BCUT2D eigenvalue weighted by molar-refractivity contribution is 5.74. The van der Waals surface area contributed by atoms with Crippen LogP contribution in [0.25, 0.3) is 6.08 Å². The molecule has 2 heteroatoms. The van der Waals surface area contributed by atoms with Crippen molar-refractivity contribution >= 4 is 12.0 Å². The lowest BCUT2D eigenvalue weighted by molar-refractivity contribution is 0.475. The largest absolute Gasteiger partial charge is 0.508 e. The molecule has 1 aromatic carbocycles. The molecule has 0 aliphatic heterocycles. The van der Waals surface area contributed by atoms with Crippen molar-refractivity contribution in [3.05, 3.63) is 29.8 Å². The van der Waals surface area contributed by atoms with Crippen LogP contribution in [-0.4, -0.2) is 11.0 Å². The lowest BCUT2D eigenvalue weighted by Gasteiger charge is -1.89. The summed E-state index contributed by atoms with van der Waals surface area (Å²) in [4.78, 5) is 9.82. The number of phenolic OH excluding ortho intramolecular Hbond substituents is 1. The van der Waals surface area contributed by atoms with Crippen LogP contribution in [0.4, 0.5) is 0 Å². The van der Waals surface area contributed by atoms with Crippen LogP contribution >= 0.6 is 0 Å². The SMILES string of the molecule is O=C=Cc1ccc(O)cc1. The van der Waals surface area contributed by atoms with Gasteiger partial charge in [0.05, 0.1) is 0 Å². The molecule has 1 aromatic rings. The second kappa shape index (κ2) is 2.85. The van der Waals surface area contributed by atoms with E-state index in [2.05, 4.69) is 0 Å². The average Bonchev–Trinajstić information content (AvgIpc) is 1.95. The van der Waals surface area contributed by atoms with E-state index in [1.54, 1.807) is 18.1 Å². The maximum absolute atomic E-state index is 9.82. The van der Waals surface area contributed by atoms with Gasteiger partial charge in [-0.15, -0.1) is 0 Å². The minimum atomic E-state index is 0.197. The fraction of sp³-hybridized carbons (Fsp3) is 0. The molecule has 0 unspecified atom stereocenters. The van der Waals surface area contributed by atoms with Gasteiger partial charge < -0.3 is 5.11 Å². The molecule has 0 heterocycles. The number of phenols is 1. The maximum atomic E-state index is 9.82. The first-order chi connectivity index (χ1) is 4.83. The van der Waals surface area contributed by atoms with E-state index in [-0.39, 0.29) is 5.75 Å². The molecule has 0 aliphatic rings. The van der Waals surface area contributed by atoms with E-state index in [0.717, 1.165) is 5.56 Å². The second-order valence-electron chi connectivity index (χ2n) is 1.85. The number of benzene rings is 1. The van der Waals surface area contributed by atoms with E-state index in [4.69, 9.17) is 5.11 Å². The molecule has 2 nitrogen and oxygen atoms in total. The summed E-state index contributed by atoms with van der Waals surface area (Å²) < 4.78 is 0. The monoisotopic (exact) mass is 134 g/mol. The summed E-state index contributed by atoms with van der Waals surface area (Å²) in [5.74, 6) is 1.84. The molecule has 0 saturated heterocycles. The van der Waals surface area contributed by atoms with Gasteiger partial charge in [-0.25, -0.2) is 4.79 Å². The minimum absolute atomic E-state index is 0.197. The Morgan fingerprint density at radius 3 is 2.40 bits per heavy atom. The number of rotatable bonds is 1. The number of hydrogen-bond donors (Lipinski definition) is 1. The van der Waals surface area contributed by atoms with Crippen molar-refractivity contribution in [3.8, 4) is 5.75 Å². The molecular weight excluding hydrogens is 128 g/mol. The van der Waals surface area contributed by atoms with Gasteiger partial charge in [0.2, 0.25) is 0 Å². The first-order valence-electron chi connectivity index (χ1n) is 2.83. The number of aromatic hydroxyl groups is 1. The summed E-state index contributed by atoms with van der Waals surface area (Å²) in [5.41, 5.74) is 0.743. The Hall–Kier alpha value is -1.53. The average molecular weight is 134 g/mol. The van der Waals surface area contributed by atoms with Crippen LogP contribution in [0.2, 0.25) is 0 Å². The predicted molar refractivity (Wildman–Crippen MR) is 38.3 cm³/mol. The minimum Gasteiger partial charge on any atom is -0.508 e. The van der Waals surface area contributed by atoms with Gasteiger partial charge in [-0.2, -0.15) is 0 Å². The maximum Gasteiger partial charge on any atom is 0.125 e. The van der Waals surface area contributed by atoms with Gasteiger partial charge in [0.25, 0.3) is 0 Å². The van der Waals surface area contributed by atoms with Crippen LogP contribution in [0.1, 0.15) is 5.56 Å². The van der Waals surface area contributed by atoms with E-state index in [1.807, 2.05) is 0 Å². The Kier molecular flexibility index (Phi) is 1.88. The molecule has 0 fully saturated rings. The van der Waals surface area contributed by atoms with Crippen molar-refractivity contribution in [2.24, 2.45) is 0 Å². The third kappa shape index (κ3) is 1.47. The first-order valence-corrected chi connectivity index (χ1v) is 2.83. The molecule has 1 N–H and O–H groups in total. The highest BCUT2D eigenvalue weighted by Crippen LogP contribution is 2.09. The first kappa shape index (κ1) is 6.59. The summed E-state index contributed by atoms with van der Waals surface area (Å²) in [6.45, 7) is 0. The van der Waals surface area contributed by atoms with Crippen LogP contribution < -0.4 is 0 Å². The Balaban J connectivity index is 3.00. The van der Waals surface area contributed by atoms with E-state index in [0.29, 0.717) is 0 Å². The standard InChI is InChI=1S/C8H6O2/c9-6-5-7-1-3-8(10)4-2-7/h1-5,10H. The van der Waals surface area contributed by atoms with Crippen molar-refractivity contribution in [2.75, 3.05) is 0 Å². The molecule has 50 valence electrons. The third-order valence-corrected chi connectivity index (χ3v) is 1.12. The number of carbonyl (C=O) groups excluding carboxylic acids is 1. The molecular formula is C8H6O2. The zero-order valence-corrected chi connectivity index (χ0v) is 5.24. The summed E-state index contributed by atoms with van der Waals surface area (Å²) in [5, 5.41) is 8.81. The highest BCUT2D eigenvalue weighted by Gasteiger charge is 1.86. The third-order valence-electron chi connectivity index (χ3n) is 1.12. The van der Waals surface area contributed by atoms with Gasteiger partial charge in [0.15, 0.2) is 0 Å². The van der Waals surface area contributed by atoms with Gasteiger partial charge in [-0.3, -0.25) is 0 Å². The summed E-state index contributed by atoms with van der Waals surface area (Å²) >= 11 is 0. The molecule has 0 aliphatic carbocycles. The van der Waals surface area contributed by atoms with Gasteiger partial charge in [0, 0.05) is 6.08 Å². The van der Waals surface area contributed by atoms with Crippen molar-refractivity contribution in [1.29, 1.82) is 0 Å². The fourth-order valence-electron chi connectivity index (χ4n) is 0.639. The van der Waals surface area contributed by atoms with Gasteiger partial charge in [-0.1, -0.05) is 12.1 Å². The van der Waals surface area contributed by atoms with Crippen LogP contribution in [0.5, 0.6) is 5.75 Å². The Morgan fingerprint density at radius 1 is 1.30 bits per heavy atom. The normalized spacial score (nSPS) is 8.40. The summed E-state index contributed by atoms with van der Waals surface area (Å²) in [6.07, 6.45) is 1.30. The van der Waals surface area contributed by atoms with Crippen molar-refractivity contribution < 1.29 is 9.90 Å². The molecule has 0 aromatic heterocycles. The highest BCUT2D eigenvalue weighted by atomic mass is 16.3. The van der Waals surface area contributed by atoms with E-state index >= 15 is 0 Å². The van der Waals surface area contributed by atoms with Crippen molar-refractivity contribution in [3.63, 3.8) is 0 Å². The Bertz CT molecular complexity index is 255. The number of hydrogen-bond acceptors (Lipinski definition) is 2. The Morgan fingerprint density at radius 2 is 1.90 bits per heavy atom. The van der Waals surface area contributed by atoms with Crippen molar-refractivity contribution in [2.45, 2.75) is 0 Å². The van der Waals surface area contributed by atoms with Gasteiger partial charge in [0.1, 0.15) is 11.7 Å². The van der Waals surface area contributed by atoms with Crippen LogP contribution in [-0.2, 0) is 4.79 Å². The van der Waals surface area contributed by atoms with E-state index in [1.165, 1.54) is 18.2 Å². The lowest BCUT2D eigenvalue weighted by atomic mass is 10.2. The molecule has 0 amide bonds. The second-order valence-corrected chi connectivity index (χ2v) is 1.85. The molecule has 0 spiro atoms. The Labute approximate surface area is 58.4 Å². The predicted octanol–water partition coefficient (Wildman–Crippen LogP) is 1.24. The molecule has 1 rings (SSSR count).